The number of hydrogen-bond donors (Lipinski definition) is 0. The molecule has 5 heteroatoms. The van der Waals surface area contributed by atoms with Crippen LogP contribution in [0.5, 0.6) is 0 Å². The van der Waals surface area contributed by atoms with Crippen molar-refractivity contribution in [3.63, 3.8) is 0 Å². The number of hydrogen-bond acceptors (Lipinski definition) is 3. The molecule has 0 aromatic carbocycles. The first-order chi connectivity index (χ1) is 12.1. The predicted molar refractivity (Wildman–Crippen MR) is 99.2 cm³/mol. The van der Waals surface area contributed by atoms with Crippen molar-refractivity contribution >= 4 is 11.8 Å². The Bertz CT molecular complexity index is 464. The zero-order valence-electron chi connectivity index (χ0n) is 16.1. The number of nitrogens with zero attached hydrogens (tertiary/aromatic N) is 3. The van der Waals surface area contributed by atoms with Crippen molar-refractivity contribution in [3.05, 3.63) is 0 Å². The van der Waals surface area contributed by atoms with Crippen LogP contribution in [0.3, 0.4) is 0 Å². The molecule has 3 aliphatic rings. The molecule has 0 aromatic heterocycles. The average molecular weight is 350 g/mol. The fourth-order valence-corrected chi connectivity index (χ4v) is 4.73. The summed E-state index contributed by atoms with van der Waals surface area (Å²) in [6.45, 7) is 6.25. The monoisotopic (exact) mass is 349 g/mol. The Kier molecular flexibility index (Phi) is 6.37. The van der Waals surface area contributed by atoms with E-state index in [1.165, 1.54) is 32.1 Å². The third-order valence-electron chi connectivity index (χ3n) is 6.51. The third kappa shape index (κ3) is 4.18. The Morgan fingerprint density at radius 2 is 1.64 bits per heavy atom. The summed E-state index contributed by atoms with van der Waals surface area (Å²) in [4.78, 5) is 31.9. The van der Waals surface area contributed by atoms with Gasteiger partial charge in [0.1, 0.15) is 0 Å². The van der Waals surface area contributed by atoms with E-state index in [9.17, 15) is 9.59 Å². The highest BCUT2D eigenvalue weighted by atomic mass is 16.2. The molecule has 1 aliphatic heterocycles. The normalized spacial score (nSPS) is 24.2. The highest BCUT2D eigenvalue weighted by molar-refractivity contribution is 5.82. The lowest BCUT2D eigenvalue weighted by Crippen LogP contribution is -2.58. The number of amides is 2. The molecule has 3 fully saturated rings. The second-order valence-corrected chi connectivity index (χ2v) is 8.24. The molecule has 2 amide bonds. The molecule has 0 radical (unpaired) electrons. The van der Waals surface area contributed by atoms with Crippen molar-refractivity contribution in [2.24, 2.45) is 11.8 Å². The van der Waals surface area contributed by atoms with E-state index in [1.54, 1.807) is 0 Å². The topological polar surface area (TPSA) is 43.9 Å². The van der Waals surface area contributed by atoms with E-state index < -0.39 is 0 Å². The minimum atomic E-state index is 0.0278. The van der Waals surface area contributed by atoms with Crippen molar-refractivity contribution in [3.8, 4) is 0 Å². The zero-order chi connectivity index (χ0) is 17.8. The van der Waals surface area contributed by atoms with Crippen LogP contribution in [0.4, 0.5) is 0 Å². The van der Waals surface area contributed by atoms with E-state index in [0.29, 0.717) is 17.7 Å². The van der Waals surface area contributed by atoms with Gasteiger partial charge in [-0.1, -0.05) is 26.2 Å². The van der Waals surface area contributed by atoms with Gasteiger partial charge in [0.15, 0.2) is 0 Å². The maximum atomic E-state index is 13.1. The van der Waals surface area contributed by atoms with Crippen LogP contribution in [-0.4, -0.2) is 72.3 Å². The molecule has 1 atom stereocenters. The zero-order valence-corrected chi connectivity index (χ0v) is 16.1. The third-order valence-corrected chi connectivity index (χ3v) is 6.51. The first-order valence-electron chi connectivity index (χ1n) is 10.4. The van der Waals surface area contributed by atoms with Gasteiger partial charge in [-0.2, -0.15) is 0 Å². The van der Waals surface area contributed by atoms with Gasteiger partial charge in [0.2, 0.25) is 11.8 Å². The predicted octanol–water partition coefficient (Wildman–Crippen LogP) is 2.36. The molecular weight excluding hydrogens is 314 g/mol. The van der Waals surface area contributed by atoms with Crippen LogP contribution in [-0.2, 0) is 9.59 Å². The second-order valence-electron chi connectivity index (χ2n) is 8.24. The van der Waals surface area contributed by atoms with Crippen LogP contribution in [0.1, 0.15) is 58.3 Å². The molecule has 2 saturated carbocycles. The molecule has 0 bridgehead atoms. The highest BCUT2D eigenvalue weighted by Gasteiger charge is 2.39. The van der Waals surface area contributed by atoms with E-state index in [2.05, 4.69) is 11.8 Å². The summed E-state index contributed by atoms with van der Waals surface area (Å²) in [5.41, 5.74) is 0. The molecule has 142 valence electrons. The minimum absolute atomic E-state index is 0.0278. The van der Waals surface area contributed by atoms with E-state index in [-0.39, 0.29) is 12.0 Å². The first kappa shape index (κ1) is 18.7. The lowest BCUT2D eigenvalue weighted by molar-refractivity contribution is -0.143. The number of piperazine rings is 1. The number of likely N-dealkylation sites (N-methyl/N-ethyl adjacent to an activating group) is 1. The standard InChI is InChI=1S/C20H35N3O2/c1-3-11-21(2)20(25)18(16-7-4-5-8-16)22-12-14-23(15-13-22)19(24)17-9-6-10-17/h16-18H,3-15H2,1-2H3. The SMILES string of the molecule is CCCN(C)C(=O)C(C1CCCC1)N1CCN(C(=O)C2CCC2)CC1. The highest BCUT2D eigenvalue weighted by Crippen LogP contribution is 2.33. The van der Waals surface area contributed by atoms with Gasteiger partial charge in [-0.15, -0.1) is 0 Å². The van der Waals surface area contributed by atoms with Crippen LogP contribution in [0, 0.1) is 11.8 Å². The molecule has 2 aliphatic carbocycles. The van der Waals surface area contributed by atoms with Crippen molar-refractivity contribution in [2.45, 2.75) is 64.3 Å². The molecule has 0 N–H and O–H groups in total. The Hall–Kier alpha value is -1.10. The van der Waals surface area contributed by atoms with Gasteiger partial charge < -0.3 is 9.80 Å². The van der Waals surface area contributed by atoms with Crippen LogP contribution in [0.25, 0.3) is 0 Å². The van der Waals surface area contributed by atoms with Gasteiger partial charge >= 0.3 is 0 Å². The van der Waals surface area contributed by atoms with Crippen LogP contribution < -0.4 is 0 Å². The summed E-state index contributed by atoms with van der Waals surface area (Å²) in [6, 6.07) is 0.0278. The van der Waals surface area contributed by atoms with Gasteiger partial charge in [0.05, 0.1) is 6.04 Å². The maximum Gasteiger partial charge on any atom is 0.239 e. The van der Waals surface area contributed by atoms with Gasteiger partial charge in [-0.05, 0) is 38.0 Å². The van der Waals surface area contributed by atoms with Gasteiger partial charge in [0, 0.05) is 45.7 Å². The first-order valence-corrected chi connectivity index (χ1v) is 10.4. The summed E-state index contributed by atoms with van der Waals surface area (Å²) in [5, 5.41) is 0. The second kappa shape index (κ2) is 8.52. The number of rotatable bonds is 6. The van der Waals surface area contributed by atoms with Gasteiger partial charge in [0.25, 0.3) is 0 Å². The van der Waals surface area contributed by atoms with E-state index >= 15 is 0 Å². The molecule has 0 spiro atoms. The molecule has 1 heterocycles. The molecule has 1 unspecified atom stereocenters. The molecule has 0 aromatic rings. The molecule has 25 heavy (non-hydrogen) atoms. The molecular formula is C20H35N3O2. The van der Waals surface area contributed by atoms with Crippen molar-refractivity contribution < 1.29 is 9.59 Å². The summed E-state index contributed by atoms with van der Waals surface area (Å²) < 4.78 is 0. The number of carbonyl (C=O) groups excluding carboxylic acids is 2. The lowest BCUT2D eigenvalue weighted by Gasteiger charge is -2.43. The summed E-state index contributed by atoms with van der Waals surface area (Å²) in [6.07, 6.45) is 9.23. The largest absolute Gasteiger partial charge is 0.344 e. The summed E-state index contributed by atoms with van der Waals surface area (Å²) in [5.74, 6) is 1.44. The smallest absolute Gasteiger partial charge is 0.239 e. The number of carbonyl (C=O) groups is 2. The Morgan fingerprint density at radius 3 is 2.16 bits per heavy atom. The van der Waals surface area contributed by atoms with Gasteiger partial charge in [-0.3, -0.25) is 14.5 Å². The fourth-order valence-electron chi connectivity index (χ4n) is 4.73. The summed E-state index contributed by atoms with van der Waals surface area (Å²) >= 11 is 0. The van der Waals surface area contributed by atoms with Crippen molar-refractivity contribution in [2.75, 3.05) is 39.8 Å². The van der Waals surface area contributed by atoms with Crippen LogP contribution in [0.15, 0.2) is 0 Å². The van der Waals surface area contributed by atoms with E-state index in [0.717, 1.165) is 52.0 Å². The Labute approximate surface area is 152 Å². The molecule has 3 rings (SSSR count). The quantitative estimate of drug-likeness (QED) is 0.739. The van der Waals surface area contributed by atoms with Crippen LogP contribution >= 0.6 is 0 Å². The molecule has 1 saturated heterocycles. The lowest BCUT2D eigenvalue weighted by atomic mass is 9.84. The Balaban J connectivity index is 1.61. The van der Waals surface area contributed by atoms with Crippen molar-refractivity contribution in [1.29, 1.82) is 0 Å². The maximum absolute atomic E-state index is 13.1. The van der Waals surface area contributed by atoms with Crippen LogP contribution in [0.2, 0.25) is 0 Å². The fraction of sp³-hybridized carbons (Fsp3) is 0.900. The van der Waals surface area contributed by atoms with E-state index in [1.807, 2.05) is 16.8 Å². The van der Waals surface area contributed by atoms with Gasteiger partial charge in [-0.25, -0.2) is 0 Å². The molecule has 5 nitrogen and oxygen atoms in total. The minimum Gasteiger partial charge on any atom is -0.344 e. The average Bonchev–Trinajstić information content (AvgIpc) is 3.08. The Morgan fingerprint density at radius 1 is 1.00 bits per heavy atom. The summed E-state index contributed by atoms with van der Waals surface area (Å²) in [7, 11) is 1.95. The van der Waals surface area contributed by atoms with Crippen molar-refractivity contribution in [1.82, 2.24) is 14.7 Å². The van der Waals surface area contributed by atoms with E-state index in [4.69, 9.17) is 0 Å².